The first-order chi connectivity index (χ1) is 9.95. The zero-order valence-electron chi connectivity index (χ0n) is 13.2. The summed E-state index contributed by atoms with van der Waals surface area (Å²) in [6.45, 7) is 1.82. The average Bonchev–Trinajstić information content (AvgIpc) is 2.46. The molecule has 2 amide bonds. The number of carboxylic acids is 1. The van der Waals surface area contributed by atoms with Gasteiger partial charge in [0.25, 0.3) is 0 Å². The fourth-order valence-electron chi connectivity index (χ4n) is 2.49. The van der Waals surface area contributed by atoms with Gasteiger partial charge in [-0.15, -0.1) is 0 Å². The van der Waals surface area contributed by atoms with Crippen molar-refractivity contribution in [3.05, 3.63) is 0 Å². The maximum Gasteiger partial charge on any atom is 0.326 e. The standard InChI is InChI=1S/C14H27N3O4/c1-16(2)11-6-4-8-17(10-11)14(20)15-12(13(18)19)7-5-9-21-3/h11-12H,4-10H2,1-3H3,(H,15,20)(H,18,19). The second-order valence-electron chi connectivity index (χ2n) is 5.68. The molecule has 2 unspecified atom stereocenters. The van der Waals surface area contributed by atoms with Gasteiger partial charge in [0.1, 0.15) is 6.04 Å². The highest BCUT2D eigenvalue weighted by atomic mass is 16.5. The van der Waals surface area contributed by atoms with Gasteiger partial charge in [0.2, 0.25) is 0 Å². The number of hydrogen-bond donors (Lipinski definition) is 2. The smallest absolute Gasteiger partial charge is 0.326 e. The van der Waals surface area contributed by atoms with Crippen molar-refractivity contribution < 1.29 is 19.4 Å². The van der Waals surface area contributed by atoms with Crippen LogP contribution in [-0.2, 0) is 9.53 Å². The lowest BCUT2D eigenvalue weighted by Crippen LogP contribution is -2.53. The third kappa shape index (κ3) is 5.89. The number of carbonyl (C=O) groups excluding carboxylic acids is 1. The molecule has 2 N–H and O–H groups in total. The number of hydrogen-bond acceptors (Lipinski definition) is 4. The van der Waals surface area contributed by atoms with Crippen molar-refractivity contribution in [1.82, 2.24) is 15.1 Å². The number of piperidine rings is 1. The van der Waals surface area contributed by atoms with Gasteiger partial charge in [0, 0.05) is 32.8 Å². The normalized spacial score (nSPS) is 20.4. The van der Waals surface area contributed by atoms with Crippen LogP contribution < -0.4 is 5.32 Å². The first-order valence-electron chi connectivity index (χ1n) is 7.39. The van der Waals surface area contributed by atoms with Crippen molar-refractivity contribution in [2.75, 3.05) is 40.9 Å². The van der Waals surface area contributed by atoms with Crippen molar-refractivity contribution >= 4 is 12.0 Å². The third-order valence-corrected chi connectivity index (χ3v) is 3.85. The fourth-order valence-corrected chi connectivity index (χ4v) is 2.49. The quantitative estimate of drug-likeness (QED) is 0.673. The predicted octanol–water partition coefficient (Wildman–Crippen LogP) is 0.602. The predicted molar refractivity (Wildman–Crippen MR) is 79.3 cm³/mol. The van der Waals surface area contributed by atoms with Gasteiger partial charge in [-0.25, -0.2) is 9.59 Å². The summed E-state index contributed by atoms with van der Waals surface area (Å²) in [5.74, 6) is -0.999. The molecule has 21 heavy (non-hydrogen) atoms. The number of urea groups is 1. The maximum atomic E-state index is 12.2. The van der Waals surface area contributed by atoms with Crippen LogP contribution >= 0.6 is 0 Å². The van der Waals surface area contributed by atoms with E-state index in [1.54, 1.807) is 12.0 Å². The molecule has 1 fully saturated rings. The molecule has 7 heteroatoms. The number of likely N-dealkylation sites (N-methyl/N-ethyl adjacent to an activating group) is 1. The highest BCUT2D eigenvalue weighted by molar-refractivity contribution is 5.82. The van der Waals surface area contributed by atoms with Crippen LogP contribution in [0.25, 0.3) is 0 Å². The van der Waals surface area contributed by atoms with Gasteiger partial charge >= 0.3 is 12.0 Å². The minimum Gasteiger partial charge on any atom is -0.480 e. The van der Waals surface area contributed by atoms with Gasteiger partial charge in [-0.1, -0.05) is 0 Å². The third-order valence-electron chi connectivity index (χ3n) is 3.85. The van der Waals surface area contributed by atoms with Crippen LogP contribution in [0.2, 0.25) is 0 Å². The fraction of sp³-hybridized carbons (Fsp3) is 0.857. The molecule has 1 heterocycles. The van der Waals surface area contributed by atoms with Crippen LogP contribution in [0, 0.1) is 0 Å². The molecule has 0 aromatic carbocycles. The Labute approximate surface area is 126 Å². The summed E-state index contributed by atoms with van der Waals surface area (Å²) in [6.07, 6.45) is 2.98. The first kappa shape index (κ1) is 17.7. The number of nitrogens with one attached hydrogen (secondary N) is 1. The lowest BCUT2D eigenvalue weighted by atomic mass is 10.1. The van der Waals surface area contributed by atoms with Crippen molar-refractivity contribution in [3.63, 3.8) is 0 Å². The summed E-state index contributed by atoms with van der Waals surface area (Å²) in [7, 11) is 5.57. The number of amides is 2. The second-order valence-corrected chi connectivity index (χ2v) is 5.68. The highest BCUT2D eigenvalue weighted by Gasteiger charge is 2.27. The summed E-state index contributed by atoms with van der Waals surface area (Å²) in [5, 5.41) is 11.8. The SMILES string of the molecule is COCCCC(NC(=O)N1CCCC(N(C)C)C1)C(=O)O. The Kier molecular flexibility index (Phi) is 7.45. The molecule has 1 rings (SSSR count). The van der Waals surface area contributed by atoms with E-state index in [1.165, 1.54) is 0 Å². The van der Waals surface area contributed by atoms with Crippen LogP contribution in [0.4, 0.5) is 4.79 Å². The van der Waals surface area contributed by atoms with Gasteiger partial charge in [-0.05, 0) is 39.8 Å². The number of carboxylic acid groups (broad SMARTS) is 1. The van der Waals surface area contributed by atoms with E-state index < -0.39 is 12.0 Å². The van der Waals surface area contributed by atoms with Crippen molar-refractivity contribution in [2.45, 2.75) is 37.8 Å². The molecule has 0 radical (unpaired) electrons. The number of rotatable bonds is 7. The van der Waals surface area contributed by atoms with Crippen LogP contribution in [0.15, 0.2) is 0 Å². The van der Waals surface area contributed by atoms with Gasteiger partial charge in [0.15, 0.2) is 0 Å². The lowest BCUT2D eigenvalue weighted by Gasteiger charge is -2.36. The summed E-state index contributed by atoms with van der Waals surface area (Å²) in [6, 6.07) is -0.806. The Hall–Kier alpha value is -1.34. The number of aliphatic carboxylic acids is 1. The molecule has 7 nitrogen and oxygen atoms in total. The summed E-state index contributed by atoms with van der Waals surface area (Å²) in [5.41, 5.74) is 0. The van der Waals surface area contributed by atoms with Crippen LogP contribution in [-0.4, -0.2) is 79.9 Å². The lowest BCUT2D eigenvalue weighted by molar-refractivity contribution is -0.139. The van der Waals surface area contributed by atoms with E-state index in [1.807, 2.05) is 14.1 Å². The van der Waals surface area contributed by atoms with E-state index in [2.05, 4.69) is 10.2 Å². The molecule has 2 atom stereocenters. The monoisotopic (exact) mass is 301 g/mol. The summed E-state index contributed by atoms with van der Waals surface area (Å²) in [4.78, 5) is 27.2. The number of likely N-dealkylation sites (tertiary alicyclic amines) is 1. The zero-order valence-corrected chi connectivity index (χ0v) is 13.2. The van der Waals surface area contributed by atoms with E-state index in [-0.39, 0.29) is 6.03 Å². The van der Waals surface area contributed by atoms with Gasteiger partial charge < -0.3 is 25.0 Å². The molecule has 0 aliphatic carbocycles. The van der Waals surface area contributed by atoms with Crippen LogP contribution in [0.3, 0.4) is 0 Å². The number of methoxy groups -OCH3 is 1. The number of nitrogens with zero attached hydrogens (tertiary/aromatic N) is 2. The Morgan fingerprint density at radius 1 is 1.48 bits per heavy atom. The number of carbonyl (C=O) groups is 2. The Balaban J connectivity index is 2.50. The van der Waals surface area contributed by atoms with Crippen molar-refractivity contribution in [1.29, 1.82) is 0 Å². The summed E-state index contributed by atoms with van der Waals surface area (Å²) >= 11 is 0. The Morgan fingerprint density at radius 3 is 2.76 bits per heavy atom. The van der Waals surface area contributed by atoms with E-state index >= 15 is 0 Å². The maximum absolute atomic E-state index is 12.2. The molecule has 0 bridgehead atoms. The summed E-state index contributed by atoms with van der Waals surface area (Å²) < 4.78 is 4.91. The van der Waals surface area contributed by atoms with Crippen molar-refractivity contribution in [2.24, 2.45) is 0 Å². The van der Waals surface area contributed by atoms with Crippen LogP contribution in [0.1, 0.15) is 25.7 Å². The molecule has 1 saturated heterocycles. The molecule has 0 aromatic heterocycles. The Morgan fingerprint density at radius 2 is 2.19 bits per heavy atom. The molecular formula is C14H27N3O4. The molecule has 122 valence electrons. The van der Waals surface area contributed by atoms with Gasteiger partial charge in [-0.3, -0.25) is 0 Å². The minimum atomic E-state index is -0.999. The highest BCUT2D eigenvalue weighted by Crippen LogP contribution is 2.14. The number of ether oxygens (including phenoxy) is 1. The largest absolute Gasteiger partial charge is 0.480 e. The zero-order chi connectivity index (χ0) is 15.8. The van der Waals surface area contributed by atoms with Crippen LogP contribution in [0.5, 0.6) is 0 Å². The Bertz CT molecular complexity index is 349. The van der Waals surface area contributed by atoms with E-state index in [0.717, 1.165) is 12.8 Å². The van der Waals surface area contributed by atoms with E-state index in [0.29, 0.717) is 38.6 Å². The van der Waals surface area contributed by atoms with E-state index in [9.17, 15) is 14.7 Å². The first-order valence-corrected chi connectivity index (χ1v) is 7.39. The molecule has 1 aliphatic rings. The molecule has 1 aliphatic heterocycles. The molecule has 0 spiro atoms. The molecule has 0 aromatic rings. The van der Waals surface area contributed by atoms with Gasteiger partial charge in [-0.2, -0.15) is 0 Å². The molecular weight excluding hydrogens is 274 g/mol. The minimum absolute atomic E-state index is 0.286. The average molecular weight is 301 g/mol. The topological polar surface area (TPSA) is 82.1 Å². The molecule has 0 saturated carbocycles. The van der Waals surface area contributed by atoms with E-state index in [4.69, 9.17) is 4.74 Å². The van der Waals surface area contributed by atoms with Gasteiger partial charge in [0.05, 0.1) is 0 Å². The second kappa shape index (κ2) is 8.84. The van der Waals surface area contributed by atoms with Crippen molar-refractivity contribution in [3.8, 4) is 0 Å².